The minimum Gasteiger partial charge on any atom is -0.480 e. The topological polar surface area (TPSA) is 84.2 Å². The van der Waals surface area contributed by atoms with Gasteiger partial charge < -0.3 is 10.4 Å². The molecule has 1 amide bonds. The Morgan fingerprint density at radius 1 is 1.26 bits per heavy atom. The van der Waals surface area contributed by atoms with Crippen LogP contribution in [0.25, 0.3) is 0 Å². The van der Waals surface area contributed by atoms with Crippen LogP contribution in [-0.4, -0.2) is 32.8 Å². The van der Waals surface area contributed by atoms with Gasteiger partial charge in [0.2, 0.25) is 0 Å². The highest BCUT2D eigenvalue weighted by molar-refractivity contribution is 5.97. The lowest BCUT2D eigenvalue weighted by Gasteiger charge is -2.15. The number of aromatic nitrogens is 2. The summed E-state index contributed by atoms with van der Waals surface area (Å²) in [5, 5.41) is 16.3. The van der Waals surface area contributed by atoms with Gasteiger partial charge in [0.05, 0.1) is 11.3 Å². The molecule has 0 spiro atoms. The molecule has 0 saturated heterocycles. The van der Waals surface area contributed by atoms with Gasteiger partial charge in [-0.05, 0) is 11.5 Å². The summed E-state index contributed by atoms with van der Waals surface area (Å²) in [6, 6.07) is 8.24. The Bertz CT molecular complexity index is 692. The van der Waals surface area contributed by atoms with Gasteiger partial charge >= 0.3 is 5.97 Å². The van der Waals surface area contributed by atoms with Crippen molar-refractivity contribution in [3.8, 4) is 0 Å². The van der Waals surface area contributed by atoms with Gasteiger partial charge in [-0.25, -0.2) is 4.79 Å². The molecule has 0 radical (unpaired) electrons. The second-order valence-corrected chi connectivity index (χ2v) is 5.81. The molecule has 0 aliphatic rings. The van der Waals surface area contributed by atoms with E-state index in [1.807, 2.05) is 44.2 Å². The van der Waals surface area contributed by atoms with Crippen molar-refractivity contribution < 1.29 is 14.7 Å². The highest BCUT2D eigenvalue weighted by Gasteiger charge is 2.24. The van der Waals surface area contributed by atoms with Gasteiger partial charge in [-0.1, -0.05) is 44.2 Å². The van der Waals surface area contributed by atoms with Crippen molar-refractivity contribution in [1.29, 1.82) is 0 Å². The summed E-state index contributed by atoms with van der Waals surface area (Å²) >= 11 is 0. The molecule has 1 unspecified atom stereocenters. The van der Waals surface area contributed by atoms with Crippen LogP contribution in [0.1, 0.15) is 41.4 Å². The molecule has 1 aromatic carbocycles. The van der Waals surface area contributed by atoms with E-state index in [1.165, 1.54) is 0 Å². The van der Waals surface area contributed by atoms with E-state index in [9.17, 15) is 14.7 Å². The summed E-state index contributed by atoms with van der Waals surface area (Å²) in [5.41, 5.74) is 1.94. The van der Waals surface area contributed by atoms with Crippen LogP contribution >= 0.6 is 0 Å². The lowest BCUT2D eigenvalue weighted by atomic mass is 10.0. The molecule has 2 rings (SSSR count). The van der Waals surface area contributed by atoms with Gasteiger partial charge in [0.15, 0.2) is 0 Å². The van der Waals surface area contributed by atoms with Crippen LogP contribution in [0.3, 0.4) is 0 Å². The Labute approximate surface area is 135 Å². The number of aliphatic carboxylic acids is 1. The molecule has 1 aromatic heterocycles. The molecule has 0 saturated carbocycles. The fraction of sp³-hybridized carbons (Fsp3) is 0.353. The van der Waals surface area contributed by atoms with Gasteiger partial charge in [-0.15, -0.1) is 0 Å². The number of aryl methyl sites for hydroxylation is 1. The van der Waals surface area contributed by atoms with E-state index in [1.54, 1.807) is 17.9 Å². The average molecular weight is 315 g/mol. The van der Waals surface area contributed by atoms with Gasteiger partial charge in [-0.3, -0.25) is 9.48 Å². The quantitative estimate of drug-likeness (QED) is 0.853. The molecule has 23 heavy (non-hydrogen) atoms. The Hall–Kier alpha value is -2.63. The number of benzene rings is 1. The molecule has 0 aliphatic carbocycles. The predicted octanol–water partition coefficient (Wildman–Crippen LogP) is 1.97. The first-order valence-electron chi connectivity index (χ1n) is 7.49. The molecule has 122 valence electrons. The Kier molecular flexibility index (Phi) is 5.16. The number of hydrogen-bond acceptors (Lipinski definition) is 3. The number of hydrogen-bond donors (Lipinski definition) is 2. The number of carboxylic acid groups (broad SMARTS) is 1. The minimum atomic E-state index is -1.06. The van der Waals surface area contributed by atoms with Gasteiger partial charge in [-0.2, -0.15) is 5.10 Å². The normalized spacial score (nSPS) is 12.2. The molecular formula is C17H21N3O3. The zero-order chi connectivity index (χ0) is 17.0. The Balaban J connectivity index is 2.17. The maximum atomic E-state index is 12.5. The van der Waals surface area contributed by atoms with Crippen LogP contribution in [0, 0.1) is 0 Å². The van der Waals surface area contributed by atoms with Crippen LogP contribution < -0.4 is 5.32 Å². The lowest BCUT2D eigenvalue weighted by Crippen LogP contribution is -2.42. The zero-order valence-electron chi connectivity index (χ0n) is 13.5. The van der Waals surface area contributed by atoms with Crippen molar-refractivity contribution in [2.24, 2.45) is 7.05 Å². The van der Waals surface area contributed by atoms with Crippen molar-refractivity contribution in [3.05, 3.63) is 53.3 Å². The number of nitrogens with one attached hydrogen (secondary N) is 1. The standard InChI is InChI=1S/C17H21N3O3/c1-11(2)15-13(10-20(3)19-15)16(21)18-14(17(22)23)9-12-7-5-4-6-8-12/h4-8,10-11,14H,9H2,1-3H3,(H,18,21)(H,22,23). The van der Waals surface area contributed by atoms with Crippen molar-refractivity contribution in [2.45, 2.75) is 32.2 Å². The summed E-state index contributed by atoms with van der Waals surface area (Å²) in [7, 11) is 1.74. The number of carbonyl (C=O) groups excluding carboxylic acids is 1. The largest absolute Gasteiger partial charge is 0.480 e. The highest BCUT2D eigenvalue weighted by atomic mass is 16.4. The van der Waals surface area contributed by atoms with Crippen LogP contribution in [0.4, 0.5) is 0 Å². The van der Waals surface area contributed by atoms with E-state index in [2.05, 4.69) is 10.4 Å². The van der Waals surface area contributed by atoms with Gasteiger partial charge in [0.25, 0.3) is 5.91 Å². The minimum absolute atomic E-state index is 0.0781. The monoisotopic (exact) mass is 315 g/mol. The van der Waals surface area contributed by atoms with E-state index in [-0.39, 0.29) is 12.3 Å². The molecular weight excluding hydrogens is 294 g/mol. The third kappa shape index (κ3) is 4.18. The van der Waals surface area contributed by atoms with E-state index in [0.29, 0.717) is 11.3 Å². The lowest BCUT2D eigenvalue weighted by molar-refractivity contribution is -0.139. The van der Waals surface area contributed by atoms with Crippen LogP contribution in [0.2, 0.25) is 0 Å². The molecule has 0 fully saturated rings. The molecule has 0 aliphatic heterocycles. The van der Waals surface area contributed by atoms with E-state index in [0.717, 1.165) is 5.56 Å². The van der Waals surface area contributed by atoms with Crippen molar-refractivity contribution in [1.82, 2.24) is 15.1 Å². The second-order valence-electron chi connectivity index (χ2n) is 5.81. The highest BCUT2D eigenvalue weighted by Crippen LogP contribution is 2.17. The Morgan fingerprint density at radius 3 is 2.48 bits per heavy atom. The predicted molar refractivity (Wildman–Crippen MR) is 86.3 cm³/mol. The maximum Gasteiger partial charge on any atom is 0.326 e. The number of amides is 1. The van der Waals surface area contributed by atoms with Gasteiger partial charge in [0.1, 0.15) is 6.04 Å². The molecule has 6 heteroatoms. The van der Waals surface area contributed by atoms with Crippen molar-refractivity contribution in [2.75, 3.05) is 0 Å². The summed E-state index contributed by atoms with van der Waals surface area (Å²) < 4.78 is 1.57. The number of carboxylic acids is 1. The third-order valence-electron chi connectivity index (χ3n) is 3.53. The first-order valence-corrected chi connectivity index (χ1v) is 7.49. The third-order valence-corrected chi connectivity index (χ3v) is 3.53. The van der Waals surface area contributed by atoms with Gasteiger partial charge in [0, 0.05) is 19.7 Å². The Morgan fingerprint density at radius 2 is 1.91 bits per heavy atom. The van der Waals surface area contributed by atoms with Crippen molar-refractivity contribution >= 4 is 11.9 Å². The SMILES string of the molecule is CC(C)c1nn(C)cc1C(=O)NC(Cc1ccccc1)C(=O)O. The van der Waals surface area contributed by atoms with E-state index in [4.69, 9.17) is 0 Å². The second kappa shape index (κ2) is 7.09. The first kappa shape index (κ1) is 16.7. The number of rotatable bonds is 6. The fourth-order valence-electron chi connectivity index (χ4n) is 2.39. The zero-order valence-corrected chi connectivity index (χ0v) is 13.5. The van der Waals surface area contributed by atoms with E-state index >= 15 is 0 Å². The molecule has 2 aromatic rings. The number of carbonyl (C=O) groups is 2. The molecule has 0 bridgehead atoms. The summed E-state index contributed by atoms with van der Waals surface area (Å²) in [6.07, 6.45) is 1.85. The van der Waals surface area contributed by atoms with Crippen LogP contribution in [0.5, 0.6) is 0 Å². The summed E-state index contributed by atoms with van der Waals surface area (Å²) in [6.45, 7) is 3.88. The molecule has 1 heterocycles. The first-order chi connectivity index (χ1) is 10.9. The molecule has 2 N–H and O–H groups in total. The summed E-state index contributed by atoms with van der Waals surface area (Å²) in [4.78, 5) is 23.9. The maximum absolute atomic E-state index is 12.5. The van der Waals surface area contributed by atoms with E-state index < -0.39 is 17.9 Å². The summed E-state index contributed by atoms with van der Waals surface area (Å²) in [5.74, 6) is -1.39. The van der Waals surface area contributed by atoms with Crippen LogP contribution in [-0.2, 0) is 18.3 Å². The fourth-order valence-corrected chi connectivity index (χ4v) is 2.39. The van der Waals surface area contributed by atoms with Crippen LogP contribution in [0.15, 0.2) is 36.5 Å². The van der Waals surface area contributed by atoms with Crippen molar-refractivity contribution in [3.63, 3.8) is 0 Å². The number of nitrogens with zero attached hydrogens (tertiary/aromatic N) is 2. The molecule has 6 nitrogen and oxygen atoms in total. The molecule has 1 atom stereocenters. The average Bonchev–Trinajstić information content (AvgIpc) is 2.90. The smallest absolute Gasteiger partial charge is 0.326 e.